The average Bonchev–Trinajstić information content (AvgIpc) is 3.23. The Labute approximate surface area is 137 Å². The lowest BCUT2D eigenvalue weighted by Crippen LogP contribution is -2.41. The molecule has 2 atom stereocenters. The lowest BCUT2D eigenvalue weighted by molar-refractivity contribution is -0.139. The Morgan fingerprint density at radius 2 is 2.04 bits per heavy atom. The molecule has 0 aliphatic heterocycles. The number of carbonyl (C=O) groups is 2. The fourth-order valence-corrected chi connectivity index (χ4v) is 2.76. The molecule has 1 aliphatic rings. The number of carboxylic acid groups (broad SMARTS) is 1. The lowest BCUT2D eigenvalue weighted by Gasteiger charge is -2.17. The first-order valence-electron chi connectivity index (χ1n) is 8.46. The lowest BCUT2D eigenvalue weighted by atomic mass is 10.0. The van der Waals surface area contributed by atoms with Gasteiger partial charge in [0.15, 0.2) is 0 Å². The minimum Gasteiger partial charge on any atom is -0.480 e. The minimum atomic E-state index is -0.991. The summed E-state index contributed by atoms with van der Waals surface area (Å²) in [5.41, 5.74) is 1.49. The van der Waals surface area contributed by atoms with Crippen LogP contribution in [0.3, 0.4) is 0 Å². The first-order chi connectivity index (χ1) is 10.8. The first kappa shape index (κ1) is 17.5. The van der Waals surface area contributed by atoms with Gasteiger partial charge in [-0.2, -0.15) is 5.10 Å². The first-order valence-corrected chi connectivity index (χ1v) is 8.46. The maximum Gasteiger partial charge on any atom is 0.326 e. The normalized spacial score (nSPS) is 17.1. The van der Waals surface area contributed by atoms with E-state index in [0.29, 0.717) is 17.9 Å². The molecule has 1 unspecified atom stereocenters. The molecule has 2 rings (SSSR count). The Morgan fingerprint density at radius 3 is 2.52 bits per heavy atom. The van der Waals surface area contributed by atoms with Crippen LogP contribution in [-0.4, -0.2) is 32.8 Å². The monoisotopic (exact) mass is 321 g/mol. The third-order valence-electron chi connectivity index (χ3n) is 4.36. The van der Waals surface area contributed by atoms with Gasteiger partial charge in [-0.05, 0) is 38.5 Å². The number of rotatable bonds is 8. The van der Waals surface area contributed by atoms with E-state index in [1.54, 1.807) is 6.20 Å². The van der Waals surface area contributed by atoms with Gasteiger partial charge in [-0.25, -0.2) is 4.79 Å². The number of nitrogens with zero attached hydrogens (tertiary/aromatic N) is 2. The van der Waals surface area contributed by atoms with Crippen molar-refractivity contribution in [2.45, 2.75) is 71.4 Å². The van der Waals surface area contributed by atoms with Crippen LogP contribution in [0, 0.1) is 5.92 Å². The van der Waals surface area contributed by atoms with Gasteiger partial charge in [0, 0.05) is 12.0 Å². The molecule has 23 heavy (non-hydrogen) atoms. The quantitative estimate of drug-likeness (QED) is 0.771. The van der Waals surface area contributed by atoms with E-state index in [1.807, 2.05) is 18.5 Å². The molecule has 1 aromatic heterocycles. The van der Waals surface area contributed by atoms with Gasteiger partial charge in [-0.1, -0.05) is 20.8 Å². The van der Waals surface area contributed by atoms with Crippen molar-refractivity contribution >= 4 is 11.9 Å². The molecule has 6 nitrogen and oxygen atoms in total. The van der Waals surface area contributed by atoms with Crippen LogP contribution in [-0.2, 0) is 4.79 Å². The molecule has 0 bridgehead atoms. The van der Waals surface area contributed by atoms with Crippen LogP contribution in [0.2, 0.25) is 0 Å². The van der Waals surface area contributed by atoms with E-state index >= 15 is 0 Å². The second kappa shape index (κ2) is 7.15. The Hall–Kier alpha value is -1.85. The van der Waals surface area contributed by atoms with Crippen LogP contribution < -0.4 is 5.32 Å². The van der Waals surface area contributed by atoms with Crippen molar-refractivity contribution in [2.75, 3.05) is 0 Å². The van der Waals surface area contributed by atoms with Crippen molar-refractivity contribution in [3.05, 3.63) is 17.5 Å². The van der Waals surface area contributed by atoms with E-state index in [-0.39, 0.29) is 17.9 Å². The van der Waals surface area contributed by atoms with Crippen molar-refractivity contribution in [1.29, 1.82) is 0 Å². The maximum absolute atomic E-state index is 12.6. The van der Waals surface area contributed by atoms with Crippen molar-refractivity contribution in [3.8, 4) is 0 Å². The number of carbonyl (C=O) groups excluding carboxylic acids is 1. The minimum absolute atomic E-state index is 0.196. The average molecular weight is 321 g/mol. The van der Waals surface area contributed by atoms with Gasteiger partial charge < -0.3 is 10.4 Å². The molecule has 128 valence electrons. The molecule has 0 radical (unpaired) electrons. The van der Waals surface area contributed by atoms with E-state index in [4.69, 9.17) is 0 Å². The van der Waals surface area contributed by atoms with E-state index in [1.165, 1.54) is 0 Å². The number of carboxylic acids is 1. The summed E-state index contributed by atoms with van der Waals surface area (Å²) in [7, 11) is 0. The summed E-state index contributed by atoms with van der Waals surface area (Å²) in [6, 6.07) is -0.625. The molecule has 0 saturated heterocycles. The second-order valence-corrected chi connectivity index (χ2v) is 6.91. The molecule has 6 heteroatoms. The number of amides is 1. The largest absolute Gasteiger partial charge is 0.480 e. The number of aliphatic carboxylic acids is 1. The zero-order valence-electron chi connectivity index (χ0n) is 14.4. The summed E-state index contributed by atoms with van der Waals surface area (Å²) in [6.45, 7) is 8.06. The summed E-state index contributed by atoms with van der Waals surface area (Å²) in [5, 5.41) is 16.4. The standard InChI is InChI=1S/C17H27N3O3/c1-5-11(4)20-15(12-6-7-12)13(9-18-20)16(21)19-14(17(22)23)8-10(2)3/h9-12,14H,5-8H2,1-4H3,(H,19,21)(H,22,23)/t11?,14-/m1/s1. The third kappa shape index (κ3) is 4.12. The van der Waals surface area contributed by atoms with Gasteiger partial charge in [0.05, 0.1) is 17.5 Å². The van der Waals surface area contributed by atoms with Gasteiger partial charge in [0.25, 0.3) is 5.91 Å². The van der Waals surface area contributed by atoms with E-state index in [9.17, 15) is 14.7 Å². The zero-order valence-corrected chi connectivity index (χ0v) is 14.4. The molecular weight excluding hydrogens is 294 g/mol. The van der Waals surface area contributed by atoms with Crippen molar-refractivity contribution < 1.29 is 14.7 Å². The third-order valence-corrected chi connectivity index (χ3v) is 4.36. The van der Waals surface area contributed by atoms with E-state index in [2.05, 4.69) is 24.3 Å². The van der Waals surface area contributed by atoms with Crippen molar-refractivity contribution in [2.24, 2.45) is 5.92 Å². The summed E-state index contributed by atoms with van der Waals surface area (Å²) >= 11 is 0. The molecule has 1 aromatic rings. The van der Waals surface area contributed by atoms with Gasteiger partial charge >= 0.3 is 5.97 Å². The number of aromatic nitrogens is 2. The highest BCUT2D eigenvalue weighted by Gasteiger charge is 2.34. The number of nitrogens with one attached hydrogen (secondary N) is 1. The summed E-state index contributed by atoms with van der Waals surface area (Å²) in [5.74, 6) is -0.744. The van der Waals surface area contributed by atoms with Gasteiger partial charge in [0.1, 0.15) is 6.04 Å². The molecule has 1 aliphatic carbocycles. The summed E-state index contributed by atoms with van der Waals surface area (Å²) in [6.07, 6.45) is 5.07. The Balaban J connectivity index is 2.22. The van der Waals surface area contributed by atoms with Crippen LogP contribution in [0.4, 0.5) is 0 Å². The Morgan fingerprint density at radius 1 is 1.39 bits per heavy atom. The molecule has 0 aromatic carbocycles. The number of hydrogen-bond acceptors (Lipinski definition) is 3. The SMILES string of the molecule is CCC(C)n1ncc(C(=O)N[C@H](CC(C)C)C(=O)O)c1C1CC1. The van der Waals surface area contributed by atoms with Gasteiger partial charge in [-0.3, -0.25) is 9.48 Å². The predicted molar refractivity (Wildman–Crippen MR) is 87.5 cm³/mol. The molecule has 1 amide bonds. The Bertz CT molecular complexity index is 576. The predicted octanol–water partition coefficient (Wildman–Crippen LogP) is 2.96. The van der Waals surface area contributed by atoms with Gasteiger partial charge in [-0.15, -0.1) is 0 Å². The Kier molecular flexibility index (Phi) is 5.44. The van der Waals surface area contributed by atoms with Crippen molar-refractivity contribution in [1.82, 2.24) is 15.1 Å². The number of hydrogen-bond donors (Lipinski definition) is 2. The second-order valence-electron chi connectivity index (χ2n) is 6.91. The van der Waals surface area contributed by atoms with Crippen LogP contribution >= 0.6 is 0 Å². The van der Waals surface area contributed by atoms with E-state index in [0.717, 1.165) is 25.0 Å². The molecule has 1 fully saturated rings. The van der Waals surface area contributed by atoms with Crippen molar-refractivity contribution in [3.63, 3.8) is 0 Å². The summed E-state index contributed by atoms with van der Waals surface area (Å²) < 4.78 is 1.94. The van der Waals surface area contributed by atoms with Gasteiger partial charge in [0.2, 0.25) is 0 Å². The molecule has 1 heterocycles. The van der Waals surface area contributed by atoms with Crippen LogP contribution in [0.25, 0.3) is 0 Å². The summed E-state index contributed by atoms with van der Waals surface area (Å²) in [4.78, 5) is 23.9. The molecule has 2 N–H and O–H groups in total. The zero-order chi connectivity index (χ0) is 17.1. The highest BCUT2D eigenvalue weighted by atomic mass is 16.4. The highest BCUT2D eigenvalue weighted by Crippen LogP contribution is 2.42. The van der Waals surface area contributed by atoms with Crippen LogP contribution in [0.1, 0.15) is 81.4 Å². The van der Waals surface area contributed by atoms with Crippen LogP contribution in [0.5, 0.6) is 0 Å². The molecular formula is C17H27N3O3. The topological polar surface area (TPSA) is 84.2 Å². The maximum atomic E-state index is 12.6. The fourth-order valence-electron chi connectivity index (χ4n) is 2.76. The molecule has 0 spiro atoms. The highest BCUT2D eigenvalue weighted by molar-refractivity contribution is 5.97. The van der Waals surface area contributed by atoms with E-state index < -0.39 is 12.0 Å². The fraction of sp³-hybridized carbons (Fsp3) is 0.706. The van der Waals surface area contributed by atoms with Crippen LogP contribution in [0.15, 0.2) is 6.20 Å². The molecule has 1 saturated carbocycles. The smallest absolute Gasteiger partial charge is 0.326 e.